The highest BCUT2D eigenvalue weighted by atomic mass is 32.2. The van der Waals surface area contributed by atoms with E-state index < -0.39 is 9.84 Å². The van der Waals surface area contributed by atoms with Crippen molar-refractivity contribution in [2.24, 2.45) is 5.92 Å². The van der Waals surface area contributed by atoms with E-state index in [-0.39, 0.29) is 24.0 Å². The van der Waals surface area contributed by atoms with Crippen LogP contribution in [0.3, 0.4) is 0 Å². The Kier molecular flexibility index (Phi) is 7.14. The summed E-state index contributed by atoms with van der Waals surface area (Å²) in [4.78, 5) is 27.4. The Bertz CT molecular complexity index is 1090. The largest absolute Gasteiger partial charge is 0.383 e. The number of carbonyl (C=O) groups excluding carboxylic acids is 2. The first-order chi connectivity index (χ1) is 15.9. The summed E-state index contributed by atoms with van der Waals surface area (Å²) in [7, 11) is -1.63. The van der Waals surface area contributed by atoms with Crippen molar-refractivity contribution >= 4 is 27.3 Å². The van der Waals surface area contributed by atoms with Crippen LogP contribution in [0, 0.1) is 5.92 Å². The molecule has 0 aromatic heterocycles. The van der Waals surface area contributed by atoms with E-state index in [4.69, 9.17) is 4.74 Å². The van der Waals surface area contributed by atoms with Gasteiger partial charge in [-0.25, -0.2) is 8.42 Å². The number of nitrogens with one attached hydrogen (secondary N) is 1. The lowest BCUT2D eigenvalue weighted by Crippen LogP contribution is -2.35. The van der Waals surface area contributed by atoms with Crippen LogP contribution in [0.15, 0.2) is 53.4 Å². The molecule has 2 saturated carbocycles. The van der Waals surface area contributed by atoms with Gasteiger partial charge in [-0.05, 0) is 73.6 Å². The molecule has 8 heteroatoms. The minimum atomic E-state index is -3.25. The molecule has 2 fully saturated rings. The molecule has 2 aliphatic carbocycles. The monoisotopic (exact) mass is 470 g/mol. The fourth-order valence-corrected chi connectivity index (χ4v) is 5.48. The molecule has 7 nitrogen and oxygen atoms in total. The van der Waals surface area contributed by atoms with Crippen molar-refractivity contribution in [3.8, 4) is 0 Å². The first-order valence-corrected chi connectivity index (χ1v) is 13.0. The van der Waals surface area contributed by atoms with Gasteiger partial charge in [-0.15, -0.1) is 0 Å². The minimum absolute atomic E-state index is 0.0239. The molecule has 0 atom stereocenters. The average Bonchev–Trinajstić information content (AvgIpc) is 3.71. The van der Waals surface area contributed by atoms with Gasteiger partial charge >= 0.3 is 0 Å². The van der Waals surface area contributed by atoms with Gasteiger partial charge in [0.1, 0.15) is 0 Å². The Morgan fingerprint density at radius 3 is 2.24 bits per heavy atom. The standard InChI is InChI=1S/C25H30N2O5S/c1-32-15-14-27(22-10-11-22)25(29)20-6-8-21(9-7-20)26-24(28)16-18-4-12-23(13-5-18)33(30,31)17-19-2-3-19/h4-9,12-13,19,22H,2-3,10-11,14-17H2,1H3,(H,26,28). The maximum absolute atomic E-state index is 12.8. The van der Waals surface area contributed by atoms with E-state index in [2.05, 4.69) is 5.32 Å². The molecule has 2 amide bonds. The summed E-state index contributed by atoms with van der Waals surface area (Å²) in [5.74, 6) is 0.270. The van der Waals surface area contributed by atoms with Crippen molar-refractivity contribution in [3.63, 3.8) is 0 Å². The molecular weight excluding hydrogens is 440 g/mol. The van der Waals surface area contributed by atoms with E-state index in [1.165, 1.54) is 0 Å². The summed E-state index contributed by atoms with van der Waals surface area (Å²) in [5, 5.41) is 2.83. The van der Waals surface area contributed by atoms with E-state index in [9.17, 15) is 18.0 Å². The molecule has 0 unspecified atom stereocenters. The number of anilines is 1. The first kappa shape index (κ1) is 23.4. The molecular formula is C25H30N2O5S. The van der Waals surface area contributed by atoms with Crippen LogP contribution in [0.1, 0.15) is 41.6 Å². The zero-order valence-corrected chi connectivity index (χ0v) is 19.6. The number of hydrogen-bond donors (Lipinski definition) is 1. The number of benzene rings is 2. The third-order valence-corrected chi connectivity index (χ3v) is 7.90. The van der Waals surface area contributed by atoms with E-state index in [1.54, 1.807) is 55.6 Å². The number of ether oxygens (including phenoxy) is 1. The highest BCUT2D eigenvalue weighted by Crippen LogP contribution is 2.32. The Hall–Kier alpha value is -2.71. The zero-order chi connectivity index (χ0) is 23.4. The Balaban J connectivity index is 1.31. The van der Waals surface area contributed by atoms with Gasteiger partial charge in [0.15, 0.2) is 9.84 Å². The molecule has 2 aliphatic rings. The normalized spacial score (nSPS) is 15.8. The fraction of sp³-hybridized carbons (Fsp3) is 0.440. The number of methoxy groups -OCH3 is 1. The van der Waals surface area contributed by atoms with E-state index in [0.717, 1.165) is 31.2 Å². The Morgan fingerprint density at radius 1 is 1.00 bits per heavy atom. The molecule has 0 radical (unpaired) electrons. The lowest BCUT2D eigenvalue weighted by atomic mass is 10.1. The molecule has 176 valence electrons. The quantitative estimate of drug-likeness (QED) is 0.544. The van der Waals surface area contributed by atoms with Crippen LogP contribution in [-0.4, -0.2) is 57.2 Å². The second-order valence-electron chi connectivity index (χ2n) is 8.89. The van der Waals surface area contributed by atoms with Crippen molar-refractivity contribution in [2.75, 3.05) is 31.3 Å². The second kappa shape index (κ2) is 10.1. The molecule has 33 heavy (non-hydrogen) atoms. The molecule has 1 N–H and O–H groups in total. The number of rotatable bonds is 11. The van der Waals surface area contributed by atoms with Crippen molar-refractivity contribution in [1.29, 1.82) is 0 Å². The van der Waals surface area contributed by atoms with Crippen LogP contribution in [0.5, 0.6) is 0 Å². The summed E-state index contributed by atoms with van der Waals surface area (Å²) in [6.07, 6.45) is 4.16. The summed E-state index contributed by atoms with van der Waals surface area (Å²) < 4.78 is 29.8. The van der Waals surface area contributed by atoms with Crippen molar-refractivity contribution < 1.29 is 22.7 Å². The summed E-state index contributed by atoms with van der Waals surface area (Å²) in [6, 6.07) is 13.7. The van der Waals surface area contributed by atoms with Gasteiger partial charge in [0.05, 0.1) is 23.7 Å². The summed E-state index contributed by atoms with van der Waals surface area (Å²) >= 11 is 0. The zero-order valence-electron chi connectivity index (χ0n) is 18.8. The second-order valence-corrected chi connectivity index (χ2v) is 10.9. The highest BCUT2D eigenvalue weighted by molar-refractivity contribution is 7.91. The van der Waals surface area contributed by atoms with Gasteiger partial charge in [-0.3, -0.25) is 9.59 Å². The number of amides is 2. The third-order valence-electron chi connectivity index (χ3n) is 6.00. The van der Waals surface area contributed by atoms with E-state index in [1.807, 2.05) is 4.90 Å². The predicted molar refractivity (Wildman–Crippen MR) is 126 cm³/mol. The lowest BCUT2D eigenvalue weighted by molar-refractivity contribution is -0.115. The highest BCUT2D eigenvalue weighted by Gasteiger charge is 2.32. The van der Waals surface area contributed by atoms with Crippen LogP contribution in [0.2, 0.25) is 0 Å². The minimum Gasteiger partial charge on any atom is -0.383 e. The van der Waals surface area contributed by atoms with Crippen molar-refractivity contribution in [3.05, 3.63) is 59.7 Å². The number of carbonyl (C=O) groups is 2. The third kappa shape index (κ3) is 6.42. The van der Waals surface area contributed by atoms with Gasteiger partial charge in [0, 0.05) is 30.9 Å². The van der Waals surface area contributed by atoms with Crippen LogP contribution in [0.25, 0.3) is 0 Å². The topological polar surface area (TPSA) is 92.8 Å². The molecule has 4 rings (SSSR count). The molecule has 0 aliphatic heterocycles. The van der Waals surface area contributed by atoms with Crippen LogP contribution in [-0.2, 0) is 25.8 Å². The lowest BCUT2D eigenvalue weighted by Gasteiger charge is -2.22. The number of nitrogens with zero attached hydrogens (tertiary/aromatic N) is 1. The SMILES string of the molecule is COCCN(C(=O)c1ccc(NC(=O)Cc2ccc(S(=O)(=O)CC3CC3)cc2)cc1)C1CC1. The molecule has 0 heterocycles. The maximum Gasteiger partial charge on any atom is 0.254 e. The van der Waals surface area contributed by atoms with Crippen LogP contribution < -0.4 is 5.32 Å². The predicted octanol–water partition coefficient (Wildman–Crippen LogP) is 3.30. The van der Waals surface area contributed by atoms with Crippen LogP contribution in [0.4, 0.5) is 5.69 Å². The molecule has 0 saturated heterocycles. The average molecular weight is 471 g/mol. The van der Waals surface area contributed by atoms with Crippen molar-refractivity contribution in [2.45, 2.75) is 43.0 Å². The summed E-state index contributed by atoms with van der Waals surface area (Å²) in [5.41, 5.74) is 1.93. The molecule has 0 bridgehead atoms. The molecule has 2 aromatic rings. The fourth-order valence-electron chi connectivity index (χ4n) is 3.78. The first-order valence-electron chi connectivity index (χ1n) is 11.4. The number of sulfone groups is 1. The van der Waals surface area contributed by atoms with Gasteiger partial charge < -0.3 is 15.0 Å². The van der Waals surface area contributed by atoms with Crippen LogP contribution >= 0.6 is 0 Å². The van der Waals surface area contributed by atoms with Crippen molar-refractivity contribution in [1.82, 2.24) is 4.90 Å². The van der Waals surface area contributed by atoms with E-state index in [0.29, 0.717) is 41.3 Å². The Morgan fingerprint density at radius 2 is 1.67 bits per heavy atom. The maximum atomic E-state index is 12.8. The van der Waals surface area contributed by atoms with Gasteiger partial charge in [0.25, 0.3) is 5.91 Å². The smallest absolute Gasteiger partial charge is 0.254 e. The van der Waals surface area contributed by atoms with Gasteiger partial charge in [-0.1, -0.05) is 12.1 Å². The van der Waals surface area contributed by atoms with E-state index >= 15 is 0 Å². The molecule has 0 spiro atoms. The Labute approximate surface area is 195 Å². The number of hydrogen-bond acceptors (Lipinski definition) is 5. The molecule has 2 aromatic carbocycles. The van der Waals surface area contributed by atoms with Gasteiger partial charge in [0.2, 0.25) is 5.91 Å². The van der Waals surface area contributed by atoms with Gasteiger partial charge in [-0.2, -0.15) is 0 Å². The summed E-state index contributed by atoms with van der Waals surface area (Å²) in [6.45, 7) is 1.07.